The van der Waals surface area contributed by atoms with E-state index in [0.717, 1.165) is 115 Å². The number of H-pyrrole nitrogens is 1. The highest BCUT2D eigenvalue weighted by Crippen LogP contribution is 2.36. The molecule has 0 saturated carbocycles. The number of esters is 2. The lowest BCUT2D eigenvalue weighted by molar-refractivity contribution is 0.0506. The van der Waals surface area contributed by atoms with Gasteiger partial charge < -0.3 is 62.9 Å². The summed E-state index contributed by atoms with van der Waals surface area (Å²) < 4.78 is 54.7. The Kier molecular flexibility index (Phi) is 30.2. The number of hydrogen-bond donors (Lipinski definition) is 5. The van der Waals surface area contributed by atoms with Gasteiger partial charge >= 0.3 is 31.0 Å². The molecule has 19 aromatic rings. The van der Waals surface area contributed by atoms with Gasteiger partial charge in [-0.2, -0.15) is 0 Å². The van der Waals surface area contributed by atoms with Crippen LogP contribution in [0, 0.1) is 0 Å². The van der Waals surface area contributed by atoms with E-state index in [0.29, 0.717) is 48.1 Å². The van der Waals surface area contributed by atoms with E-state index in [2.05, 4.69) is 113 Å². The van der Waals surface area contributed by atoms with Crippen LogP contribution >= 0.6 is 15.9 Å². The molecule has 0 radical (unpaired) electrons. The highest BCUT2D eigenvalue weighted by Gasteiger charge is 2.28. The van der Waals surface area contributed by atoms with Crippen LogP contribution in [0.3, 0.4) is 0 Å². The van der Waals surface area contributed by atoms with Crippen LogP contribution in [0.2, 0.25) is 0 Å². The number of halogens is 1. The molecule has 33 nitrogen and oxygen atoms in total. The van der Waals surface area contributed by atoms with Gasteiger partial charge in [0.15, 0.2) is 0 Å². The van der Waals surface area contributed by atoms with Crippen LogP contribution in [0.25, 0.3) is 76.5 Å². The van der Waals surface area contributed by atoms with Crippen molar-refractivity contribution in [2.45, 2.75) is 33.5 Å². The molecule has 35 heteroatoms. The van der Waals surface area contributed by atoms with Gasteiger partial charge in [0, 0.05) is 70.2 Å². The number of benzene rings is 11. The summed E-state index contributed by atoms with van der Waals surface area (Å²) in [5.74, 6) is 1.19. The fraction of sp³-hybridized carbons (Fsp3) is 0.100. The molecule has 0 aliphatic carbocycles. The summed E-state index contributed by atoms with van der Waals surface area (Å²) in [6, 6.07) is 83.7. The molecule has 5 N–H and O–H groups in total. The number of aromatic nitrogens is 16. The van der Waals surface area contributed by atoms with E-state index in [1.54, 1.807) is 119 Å². The number of methoxy groups -OCH3 is 3. The van der Waals surface area contributed by atoms with Crippen LogP contribution in [0.4, 0.5) is 0 Å². The fourth-order valence-corrected chi connectivity index (χ4v) is 13.9. The van der Waals surface area contributed by atoms with Gasteiger partial charge in [-0.3, -0.25) is 19.9 Å². The van der Waals surface area contributed by atoms with Gasteiger partial charge in [-0.1, -0.05) is 169 Å². The van der Waals surface area contributed by atoms with Gasteiger partial charge in [-0.05, 0) is 236 Å². The van der Waals surface area contributed by atoms with Crippen LogP contribution in [0.15, 0.2) is 321 Å². The van der Waals surface area contributed by atoms with E-state index in [1.165, 1.54) is 9.36 Å². The molecule has 8 heterocycles. The van der Waals surface area contributed by atoms with Gasteiger partial charge in [0.2, 0.25) is 22.8 Å². The Morgan fingerprint density at radius 1 is 0.348 bits per heavy atom. The van der Waals surface area contributed by atoms with Crippen molar-refractivity contribution in [1.82, 2.24) is 80.3 Å². The van der Waals surface area contributed by atoms with E-state index in [4.69, 9.17) is 57.8 Å². The Hall–Kier alpha value is -17.4. The first-order chi connectivity index (χ1) is 65.8. The Balaban J connectivity index is 0.000000132. The molecule has 11 aromatic carbocycles. The number of aromatic amines is 1. The molecule has 0 atom stereocenters. The van der Waals surface area contributed by atoms with Crippen LogP contribution in [-0.4, -0.2) is 166 Å². The van der Waals surface area contributed by atoms with E-state index in [-0.39, 0.29) is 59.5 Å². The number of carboxylic acid groups (broad SMARTS) is 2. The number of carbonyl (C=O) groups excluding carboxylic acids is 2. The topological polar surface area (TPSA) is 418 Å². The van der Waals surface area contributed by atoms with Gasteiger partial charge in [0.05, 0.1) is 54.2 Å². The standard InChI is InChI=1S/C28H24N4O4.C26H20N4O4.C19H18BrN3O4.C18H12N4O3.C9H8BNO2/c1-3-35-28(33)26-27(32(31-30-26)18-19-4-10-24(34-2)11-5-19)36-25-12-8-20(9-13-25)21-6-7-23-17-29-15-14-22(23)16-21;1-33-22-8-2-17(3-9-22)16-30-25(24(26(31)32)28-29-30)34-23-10-6-18(7-11-23)19-4-5-21-15-27-13-12-20(21)14-19;1-3-26-19(24)17-18(27-16-10-6-14(20)7-11-16)23(22-21-17)12-13-4-8-15(25-2)9-5-13;23-18(24)16-17(21-22-20-16)25-15-5-3-11(4-6-15)12-1-2-14-10-19-8-7-13(14)9-12;12-10(13)9-2-1-8-6-11-4-3-7(8)5-9/h4-17H,3,18H2,1-2H3;2-15H,16H2,1H3,(H,31,32);4-11H,3,12H2,1-2H3;1-10H,(H,23,24)(H,20,21,22);1-6,12-13H. The molecule has 0 spiro atoms. The number of nitrogens with one attached hydrogen (secondary N) is 1. The molecule has 0 unspecified atom stereocenters. The van der Waals surface area contributed by atoms with Crippen LogP contribution in [0.5, 0.6) is 63.8 Å². The maximum atomic E-state index is 12.5. The van der Waals surface area contributed by atoms with Crippen molar-refractivity contribution in [1.29, 1.82) is 0 Å². The Bertz CT molecular complexity index is 7300. The minimum atomic E-state index is -1.41. The fourth-order valence-electron chi connectivity index (χ4n) is 13.6. The van der Waals surface area contributed by atoms with Crippen molar-refractivity contribution in [2.24, 2.45) is 0 Å². The molecule has 0 aliphatic heterocycles. The number of rotatable bonds is 27. The summed E-state index contributed by atoms with van der Waals surface area (Å²) in [7, 11) is 3.42. The molecular formula is C100H82BBrN16O17. The zero-order valence-corrected chi connectivity index (χ0v) is 74.4. The Morgan fingerprint density at radius 2 is 0.659 bits per heavy atom. The van der Waals surface area contributed by atoms with Crippen LogP contribution in [0.1, 0.15) is 72.5 Å². The first-order valence-corrected chi connectivity index (χ1v) is 42.5. The SMILES string of the molecule is CCOC(=O)c1nnn(Cc2ccc(OC)cc2)c1Oc1ccc(-c2ccc3cnccc3c2)cc1.CCOC(=O)c1nnn(Cc2ccc(OC)cc2)c1Oc1ccc(Br)cc1.COc1ccc(Cn2nnc(C(=O)O)c2Oc2ccc(-c3ccc4cnccc4c3)cc2)cc1.O=C(O)c1[nH]nnc1Oc1ccc(-c2ccc3cnccc3c2)cc1.OB(O)c1ccc2cnccc2c1. The highest BCUT2D eigenvalue weighted by atomic mass is 79.9. The van der Waals surface area contributed by atoms with Gasteiger partial charge in [-0.25, -0.2) is 38.3 Å². The minimum absolute atomic E-state index is 0.0255. The zero-order chi connectivity index (χ0) is 94.1. The minimum Gasteiger partial charge on any atom is -0.497 e. The highest BCUT2D eigenvalue weighted by molar-refractivity contribution is 9.10. The van der Waals surface area contributed by atoms with Gasteiger partial charge in [0.1, 0.15) is 40.2 Å². The molecule has 19 rings (SSSR count). The average Bonchev–Trinajstić information content (AvgIpc) is 1.65. The summed E-state index contributed by atoms with van der Waals surface area (Å²) in [4.78, 5) is 63.8. The predicted octanol–water partition coefficient (Wildman–Crippen LogP) is 18.1. The molecule has 135 heavy (non-hydrogen) atoms. The Labute approximate surface area is 779 Å². The van der Waals surface area contributed by atoms with E-state index >= 15 is 0 Å². The first kappa shape index (κ1) is 92.3. The number of aromatic carboxylic acids is 2. The number of carboxylic acids is 2. The molecule has 0 aliphatic rings. The largest absolute Gasteiger partial charge is 0.497 e. The molecule has 0 amide bonds. The summed E-state index contributed by atoms with van der Waals surface area (Å²) in [5.41, 5.74) is 9.20. The summed E-state index contributed by atoms with van der Waals surface area (Å²) in [6.45, 7) is 4.96. The predicted molar refractivity (Wildman–Crippen MR) is 506 cm³/mol. The quantitative estimate of drug-likeness (QED) is 0.0236. The van der Waals surface area contributed by atoms with E-state index in [1.807, 2.05) is 207 Å². The van der Waals surface area contributed by atoms with Crippen LogP contribution < -0.4 is 38.6 Å². The summed E-state index contributed by atoms with van der Waals surface area (Å²) >= 11 is 3.38. The smallest absolute Gasteiger partial charge is 0.488 e. The lowest BCUT2D eigenvalue weighted by Gasteiger charge is -2.11. The number of carbonyl (C=O) groups is 4. The normalized spacial score (nSPS) is 10.7. The number of ether oxygens (including phenoxy) is 9. The number of hydrogen-bond acceptors (Lipinski definition) is 27. The monoisotopic (exact) mass is 1870 g/mol. The van der Waals surface area contributed by atoms with Gasteiger partial charge in [-0.15, -0.1) is 15.3 Å². The lowest BCUT2D eigenvalue weighted by Crippen LogP contribution is -2.29. The number of nitrogens with zero attached hydrogens (tertiary/aromatic N) is 15. The van der Waals surface area contributed by atoms with Gasteiger partial charge in [0.25, 0.3) is 23.5 Å². The molecule has 8 aromatic heterocycles. The molecule has 674 valence electrons. The first-order valence-electron chi connectivity index (χ1n) is 41.7. The zero-order valence-electron chi connectivity index (χ0n) is 72.8. The Morgan fingerprint density at radius 3 is 0.993 bits per heavy atom. The van der Waals surface area contributed by atoms with Crippen molar-refractivity contribution in [3.05, 3.63) is 360 Å². The maximum absolute atomic E-state index is 12.5. The third-order valence-electron chi connectivity index (χ3n) is 20.5. The lowest BCUT2D eigenvalue weighted by atomic mass is 9.79. The molecule has 0 bridgehead atoms. The van der Waals surface area contributed by atoms with Crippen molar-refractivity contribution in [3.63, 3.8) is 0 Å². The average molecular weight is 1870 g/mol. The molecular weight excluding hydrogens is 1790 g/mol. The summed E-state index contributed by atoms with van der Waals surface area (Å²) in [5, 5.41) is 78.3. The third kappa shape index (κ3) is 23.8. The number of pyridine rings is 4. The van der Waals surface area contributed by atoms with Crippen LogP contribution in [-0.2, 0) is 29.1 Å². The molecule has 0 saturated heterocycles. The second kappa shape index (κ2) is 44.3. The van der Waals surface area contributed by atoms with Crippen molar-refractivity contribution < 1.29 is 82.1 Å². The third-order valence-corrected chi connectivity index (χ3v) is 21.1. The van der Waals surface area contributed by atoms with Crippen molar-refractivity contribution in [2.75, 3.05) is 34.5 Å². The van der Waals surface area contributed by atoms with E-state index in [9.17, 15) is 24.3 Å². The second-order valence-electron chi connectivity index (χ2n) is 29.4. The van der Waals surface area contributed by atoms with E-state index < -0.39 is 31.0 Å². The maximum Gasteiger partial charge on any atom is 0.488 e. The summed E-state index contributed by atoms with van der Waals surface area (Å²) in [6.07, 6.45) is 14.2. The van der Waals surface area contributed by atoms with Crippen molar-refractivity contribution in [3.8, 4) is 97.1 Å². The molecule has 0 fully saturated rings. The number of fused-ring (bicyclic) bond motifs is 4. The second-order valence-corrected chi connectivity index (χ2v) is 30.3. The van der Waals surface area contributed by atoms with Crippen molar-refractivity contribution >= 4 is 95.5 Å².